The Kier molecular flexibility index (Phi) is 6.03. The van der Waals surface area contributed by atoms with E-state index in [1.54, 1.807) is 6.20 Å². The largest absolute Gasteiger partial charge is 0.409 e. The normalized spacial score (nSPS) is 12.0. The molecule has 0 bridgehead atoms. The summed E-state index contributed by atoms with van der Waals surface area (Å²) in [4.78, 5) is 6.43. The second-order valence-corrected chi connectivity index (χ2v) is 3.94. The highest BCUT2D eigenvalue weighted by molar-refractivity contribution is 5.81. The molecule has 0 unspecified atom stereocenters. The SMILES string of the molecule is CCCN(CCc1ccccn1)CC(N)=NO. The Labute approximate surface area is 102 Å². The van der Waals surface area contributed by atoms with Gasteiger partial charge in [-0.25, -0.2) is 0 Å². The Morgan fingerprint density at radius 3 is 2.88 bits per heavy atom. The van der Waals surface area contributed by atoms with Crippen molar-refractivity contribution >= 4 is 5.84 Å². The summed E-state index contributed by atoms with van der Waals surface area (Å²) in [6.07, 6.45) is 3.71. The van der Waals surface area contributed by atoms with Gasteiger partial charge < -0.3 is 10.9 Å². The number of aromatic nitrogens is 1. The van der Waals surface area contributed by atoms with E-state index in [4.69, 9.17) is 10.9 Å². The lowest BCUT2D eigenvalue weighted by Crippen LogP contribution is -2.36. The number of nitrogens with two attached hydrogens (primary N) is 1. The molecule has 0 radical (unpaired) electrons. The van der Waals surface area contributed by atoms with Gasteiger partial charge in [-0.2, -0.15) is 0 Å². The molecule has 0 fully saturated rings. The number of amidine groups is 1. The molecule has 0 aliphatic heterocycles. The highest BCUT2D eigenvalue weighted by atomic mass is 16.4. The number of oxime groups is 1. The Bertz CT molecular complexity index is 340. The fourth-order valence-corrected chi connectivity index (χ4v) is 1.67. The monoisotopic (exact) mass is 236 g/mol. The molecule has 0 aliphatic rings. The molecule has 5 heteroatoms. The zero-order chi connectivity index (χ0) is 12.5. The van der Waals surface area contributed by atoms with Gasteiger partial charge in [0, 0.05) is 24.9 Å². The summed E-state index contributed by atoms with van der Waals surface area (Å²) in [5.74, 6) is 0.250. The molecule has 1 heterocycles. The lowest BCUT2D eigenvalue weighted by molar-refractivity contribution is 0.292. The number of nitrogens with zero attached hydrogens (tertiary/aromatic N) is 3. The minimum Gasteiger partial charge on any atom is -0.409 e. The highest BCUT2D eigenvalue weighted by Crippen LogP contribution is 1.99. The molecule has 3 N–H and O–H groups in total. The highest BCUT2D eigenvalue weighted by Gasteiger charge is 2.06. The summed E-state index contributed by atoms with van der Waals surface area (Å²) in [7, 11) is 0. The second-order valence-electron chi connectivity index (χ2n) is 3.94. The number of rotatable bonds is 7. The zero-order valence-corrected chi connectivity index (χ0v) is 10.2. The van der Waals surface area contributed by atoms with Crippen LogP contribution in [0, 0.1) is 0 Å². The van der Waals surface area contributed by atoms with Crippen LogP contribution >= 0.6 is 0 Å². The van der Waals surface area contributed by atoms with E-state index >= 15 is 0 Å². The standard InChI is InChI=1S/C12H20N4O/c1-2-8-16(10-12(13)15-17)9-6-11-5-3-4-7-14-11/h3-5,7,17H,2,6,8-10H2,1H3,(H2,13,15). The van der Waals surface area contributed by atoms with E-state index < -0.39 is 0 Å². The zero-order valence-electron chi connectivity index (χ0n) is 10.2. The fraction of sp³-hybridized carbons (Fsp3) is 0.500. The first-order valence-electron chi connectivity index (χ1n) is 5.85. The average molecular weight is 236 g/mol. The van der Waals surface area contributed by atoms with Crippen molar-refractivity contribution in [2.75, 3.05) is 19.6 Å². The summed E-state index contributed by atoms with van der Waals surface area (Å²) in [6.45, 7) is 4.40. The smallest absolute Gasteiger partial charge is 0.153 e. The van der Waals surface area contributed by atoms with Crippen molar-refractivity contribution in [1.29, 1.82) is 0 Å². The molecule has 17 heavy (non-hydrogen) atoms. The van der Waals surface area contributed by atoms with Crippen LogP contribution in [-0.4, -0.2) is 40.6 Å². The van der Waals surface area contributed by atoms with Crippen LogP contribution < -0.4 is 5.73 Å². The van der Waals surface area contributed by atoms with Gasteiger partial charge in [0.15, 0.2) is 5.84 Å². The topological polar surface area (TPSA) is 74.7 Å². The third kappa shape index (κ3) is 5.31. The molecule has 0 saturated heterocycles. The van der Waals surface area contributed by atoms with Gasteiger partial charge in [-0.1, -0.05) is 18.1 Å². The van der Waals surface area contributed by atoms with Crippen molar-refractivity contribution in [3.05, 3.63) is 30.1 Å². The number of pyridine rings is 1. The average Bonchev–Trinajstić information content (AvgIpc) is 2.37. The lowest BCUT2D eigenvalue weighted by atomic mass is 10.2. The van der Waals surface area contributed by atoms with Gasteiger partial charge in [0.1, 0.15) is 0 Å². The maximum absolute atomic E-state index is 8.56. The van der Waals surface area contributed by atoms with Crippen LogP contribution in [0.1, 0.15) is 19.0 Å². The van der Waals surface area contributed by atoms with Crippen LogP contribution in [0.4, 0.5) is 0 Å². The summed E-state index contributed by atoms with van der Waals surface area (Å²) < 4.78 is 0. The summed E-state index contributed by atoms with van der Waals surface area (Å²) in [5, 5.41) is 11.6. The van der Waals surface area contributed by atoms with E-state index in [0.29, 0.717) is 6.54 Å². The van der Waals surface area contributed by atoms with Crippen LogP contribution in [0.15, 0.2) is 29.6 Å². The van der Waals surface area contributed by atoms with Crippen LogP contribution in [0.5, 0.6) is 0 Å². The molecular weight excluding hydrogens is 216 g/mol. The third-order valence-electron chi connectivity index (χ3n) is 2.46. The van der Waals surface area contributed by atoms with Crippen LogP contribution in [-0.2, 0) is 6.42 Å². The quantitative estimate of drug-likeness (QED) is 0.321. The predicted molar refractivity (Wildman–Crippen MR) is 68.1 cm³/mol. The predicted octanol–water partition coefficient (Wildman–Crippen LogP) is 1.08. The van der Waals surface area contributed by atoms with Gasteiger partial charge in [0.05, 0.1) is 6.54 Å². The van der Waals surface area contributed by atoms with E-state index in [1.807, 2.05) is 18.2 Å². The molecule has 0 amide bonds. The first kappa shape index (κ1) is 13.4. The molecule has 0 spiro atoms. The molecule has 94 valence electrons. The van der Waals surface area contributed by atoms with Gasteiger partial charge in [0.25, 0.3) is 0 Å². The van der Waals surface area contributed by atoms with E-state index in [0.717, 1.165) is 31.6 Å². The van der Waals surface area contributed by atoms with Crippen molar-refractivity contribution < 1.29 is 5.21 Å². The molecule has 1 rings (SSSR count). The number of hydrogen-bond acceptors (Lipinski definition) is 4. The molecular formula is C12H20N4O. The van der Waals surface area contributed by atoms with Crippen molar-refractivity contribution in [3.63, 3.8) is 0 Å². The molecule has 0 aliphatic carbocycles. The van der Waals surface area contributed by atoms with Crippen LogP contribution in [0.2, 0.25) is 0 Å². The van der Waals surface area contributed by atoms with Gasteiger partial charge >= 0.3 is 0 Å². The van der Waals surface area contributed by atoms with E-state index in [9.17, 15) is 0 Å². The van der Waals surface area contributed by atoms with Crippen LogP contribution in [0.3, 0.4) is 0 Å². The summed E-state index contributed by atoms with van der Waals surface area (Å²) >= 11 is 0. The Morgan fingerprint density at radius 2 is 2.29 bits per heavy atom. The Hall–Kier alpha value is -1.62. The Balaban J connectivity index is 2.44. The lowest BCUT2D eigenvalue weighted by Gasteiger charge is -2.20. The van der Waals surface area contributed by atoms with E-state index in [-0.39, 0.29) is 5.84 Å². The van der Waals surface area contributed by atoms with Crippen LogP contribution in [0.25, 0.3) is 0 Å². The molecule has 0 atom stereocenters. The second kappa shape index (κ2) is 7.62. The fourth-order valence-electron chi connectivity index (χ4n) is 1.67. The minimum absolute atomic E-state index is 0.250. The molecule has 1 aromatic heterocycles. The third-order valence-corrected chi connectivity index (χ3v) is 2.46. The van der Waals surface area contributed by atoms with E-state index in [2.05, 4.69) is 22.0 Å². The first-order chi connectivity index (χ1) is 8.26. The van der Waals surface area contributed by atoms with Crippen molar-refractivity contribution in [2.45, 2.75) is 19.8 Å². The molecule has 1 aromatic rings. The molecule has 0 aromatic carbocycles. The van der Waals surface area contributed by atoms with Crippen molar-refractivity contribution in [2.24, 2.45) is 10.9 Å². The van der Waals surface area contributed by atoms with Gasteiger partial charge in [0.2, 0.25) is 0 Å². The molecule has 0 saturated carbocycles. The molecule has 5 nitrogen and oxygen atoms in total. The maximum atomic E-state index is 8.56. The van der Waals surface area contributed by atoms with Crippen molar-refractivity contribution in [3.8, 4) is 0 Å². The van der Waals surface area contributed by atoms with Crippen molar-refractivity contribution in [1.82, 2.24) is 9.88 Å². The first-order valence-corrected chi connectivity index (χ1v) is 5.85. The summed E-state index contributed by atoms with van der Waals surface area (Å²) in [5.41, 5.74) is 6.58. The Morgan fingerprint density at radius 1 is 1.47 bits per heavy atom. The van der Waals surface area contributed by atoms with Gasteiger partial charge in [-0.15, -0.1) is 0 Å². The van der Waals surface area contributed by atoms with Gasteiger partial charge in [-0.3, -0.25) is 9.88 Å². The maximum Gasteiger partial charge on any atom is 0.153 e. The van der Waals surface area contributed by atoms with E-state index in [1.165, 1.54) is 0 Å². The van der Waals surface area contributed by atoms with Gasteiger partial charge in [-0.05, 0) is 25.1 Å². The summed E-state index contributed by atoms with van der Waals surface area (Å²) in [6, 6.07) is 5.90. The minimum atomic E-state index is 0.250. The number of hydrogen-bond donors (Lipinski definition) is 2.